The van der Waals surface area contributed by atoms with Gasteiger partial charge in [0.15, 0.2) is 0 Å². The largest absolute Gasteiger partial charge is 0.345 e. The molecule has 3 heteroatoms. The number of rotatable bonds is 1. The first-order chi connectivity index (χ1) is 5.86. The van der Waals surface area contributed by atoms with Crippen LogP contribution in [0, 0.1) is 0 Å². The van der Waals surface area contributed by atoms with Gasteiger partial charge in [-0.3, -0.25) is 0 Å². The minimum atomic E-state index is 0.880. The number of benzene rings is 1. The Kier molecular flexibility index (Phi) is 1.87. The number of hydrogen-bond acceptors (Lipinski definition) is 2. The highest BCUT2D eigenvalue weighted by molar-refractivity contribution is 7.80. The van der Waals surface area contributed by atoms with Crippen molar-refractivity contribution in [3.05, 3.63) is 36.7 Å². The number of aromatic nitrogens is 2. The molecule has 0 bridgehead atoms. The molecule has 1 heterocycles. The molecule has 1 N–H and O–H groups in total. The van der Waals surface area contributed by atoms with Crippen molar-refractivity contribution in [3.8, 4) is 11.4 Å². The lowest BCUT2D eigenvalue weighted by atomic mass is 10.2. The van der Waals surface area contributed by atoms with Gasteiger partial charge in [0.1, 0.15) is 5.82 Å². The first kappa shape index (κ1) is 7.43. The Morgan fingerprint density at radius 3 is 2.92 bits per heavy atom. The maximum atomic E-state index is 4.24. The summed E-state index contributed by atoms with van der Waals surface area (Å²) in [6, 6.07) is 7.87. The molecule has 0 saturated heterocycles. The van der Waals surface area contributed by atoms with Gasteiger partial charge in [0.05, 0.1) is 0 Å². The molecule has 1 aromatic heterocycles. The van der Waals surface area contributed by atoms with Gasteiger partial charge in [0.2, 0.25) is 0 Å². The van der Waals surface area contributed by atoms with E-state index in [-0.39, 0.29) is 0 Å². The Morgan fingerprint density at radius 1 is 1.33 bits per heavy atom. The SMILES string of the molecule is Sc1cccc(-c2ncc[nH]2)c1. The van der Waals surface area contributed by atoms with Crippen LogP contribution < -0.4 is 0 Å². The molecular weight excluding hydrogens is 168 g/mol. The molecule has 12 heavy (non-hydrogen) atoms. The molecule has 0 fully saturated rings. The van der Waals surface area contributed by atoms with E-state index in [9.17, 15) is 0 Å². The van der Waals surface area contributed by atoms with Gasteiger partial charge >= 0.3 is 0 Å². The summed E-state index contributed by atoms with van der Waals surface area (Å²) >= 11 is 4.24. The number of nitrogens with one attached hydrogen (secondary N) is 1. The van der Waals surface area contributed by atoms with Crippen molar-refractivity contribution < 1.29 is 0 Å². The minimum absolute atomic E-state index is 0.880. The average molecular weight is 176 g/mol. The number of hydrogen-bond donors (Lipinski definition) is 2. The van der Waals surface area contributed by atoms with Crippen LogP contribution in [-0.4, -0.2) is 9.97 Å². The van der Waals surface area contributed by atoms with E-state index < -0.39 is 0 Å². The summed E-state index contributed by atoms with van der Waals surface area (Å²) in [7, 11) is 0. The van der Waals surface area contributed by atoms with Gasteiger partial charge in [-0.2, -0.15) is 0 Å². The normalized spacial score (nSPS) is 10.1. The summed E-state index contributed by atoms with van der Waals surface area (Å²) in [5.74, 6) is 0.880. The fraction of sp³-hybridized carbons (Fsp3) is 0. The number of thiol groups is 1. The predicted octanol–water partition coefficient (Wildman–Crippen LogP) is 2.37. The van der Waals surface area contributed by atoms with Gasteiger partial charge < -0.3 is 4.98 Å². The summed E-state index contributed by atoms with van der Waals surface area (Å²) in [4.78, 5) is 8.12. The molecule has 0 radical (unpaired) electrons. The number of H-pyrrole nitrogens is 1. The third kappa shape index (κ3) is 1.36. The van der Waals surface area contributed by atoms with Gasteiger partial charge in [-0.1, -0.05) is 12.1 Å². The van der Waals surface area contributed by atoms with Crippen LogP contribution in [0.25, 0.3) is 11.4 Å². The minimum Gasteiger partial charge on any atom is -0.345 e. The number of nitrogens with zero attached hydrogens (tertiary/aromatic N) is 1. The Labute approximate surface area is 76.1 Å². The third-order valence-corrected chi connectivity index (χ3v) is 1.90. The molecule has 0 spiro atoms. The fourth-order valence-corrected chi connectivity index (χ4v) is 1.30. The van der Waals surface area contributed by atoms with E-state index in [0.29, 0.717) is 0 Å². The lowest BCUT2D eigenvalue weighted by Gasteiger charge is -1.96. The Morgan fingerprint density at radius 2 is 2.25 bits per heavy atom. The summed E-state index contributed by atoms with van der Waals surface area (Å²) in [5.41, 5.74) is 1.06. The number of aromatic amines is 1. The first-order valence-electron chi connectivity index (χ1n) is 3.65. The zero-order chi connectivity index (χ0) is 8.39. The maximum absolute atomic E-state index is 4.24. The lowest BCUT2D eigenvalue weighted by Crippen LogP contribution is -1.78. The van der Waals surface area contributed by atoms with Gasteiger partial charge in [0, 0.05) is 22.9 Å². The molecule has 0 aliphatic heterocycles. The van der Waals surface area contributed by atoms with Gasteiger partial charge in [-0.25, -0.2) is 4.98 Å². The second-order valence-electron chi connectivity index (χ2n) is 2.49. The highest BCUT2D eigenvalue weighted by atomic mass is 32.1. The van der Waals surface area contributed by atoms with Crippen molar-refractivity contribution in [1.29, 1.82) is 0 Å². The highest BCUT2D eigenvalue weighted by Gasteiger charge is 1.97. The average Bonchev–Trinajstić information content (AvgIpc) is 2.56. The summed E-state index contributed by atoms with van der Waals surface area (Å²) < 4.78 is 0. The molecule has 0 aliphatic rings. The molecule has 2 rings (SSSR count). The van der Waals surface area contributed by atoms with Crippen molar-refractivity contribution in [2.75, 3.05) is 0 Å². The van der Waals surface area contributed by atoms with E-state index in [1.54, 1.807) is 12.4 Å². The Balaban J connectivity index is 2.48. The smallest absolute Gasteiger partial charge is 0.137 e. The van der Waals surface area contributed by atoms with Crippen molar-refractivity contribution in [3.63, 3.8) is 0 Å². The Bertz CT molecular complexity index is 368. The van der Waals surface area contributed by atoms with Gasteiger partial charge in [-0.15, -0.1) is 12.6 Å². The van der Waals surface area contributed by atoms with E-state index in [4.69, 9.17) is 0 Å². The zero-order valence-corrected chi connectivity index (χ0v) is 7.25. The second kappa shape index (κ2) is 3.03. The van der Waals surface area contributed by atoms with E-state index in [1.807, 2.05) is 24.3 Å². The summed E-state index contributed by atoms with van der Waals surface area (Å²) in [5, 5.41) is 0. The van der Waals surface area contributed by atoms with Crippen LogP contribution in [-0.2, 0) is 0 Å². The second-order valence-corrected chi connectivity index (χ2v) is 3.00. The molecule has 2 aromatic rings. The van der Waals surface area contributed by atoms with Crippen molar-refractivity contribution in [2.45, 2.75) is 4.90 Å². The zero-order valence-electron chi connectivity index (χ0n) is 6.36. The first-order valence-corrected chi connectivity index (χ1v) is 4.10. The molecule has 2 nitrogen and oxygen atoms in total. The third-order valence-electron chi connectivity index (χ3n) is 1.62. The Hall–Kier alpha value is -1.22. The molecule has 0 atom stereocenters. The summed E-state index contributed by atoms with van der Waals surface area (Å²) in [6.45, 7) is 0. The van der Waals surface area contributed by atoms with Crippen molar-refractivity contribution >= 4 is 12.6 Å². The van der Waals surface area contributed by atoms with E-state index in [2.05, 4.69) is 22.6 Å². The molecule has 0 amide bonds. The van der Waals surface area contributed by atoms with Crippen molar-refractivity contribution in [1.82, 2.24) is 9.97 Å². The quantitative estimate of drug-likeness (QED) is 0.642. The lowest BCUT2D eigenvalue weighted by molar-refractivity contribution is 1.29. The molecule has 1 aromatic carbocycles. The molecule has 0 unspecified atom stereocenters. The van der Waals surface area contributed by atoms with E-state index >= 15 is 0 Å². The fourth-order valence-electron chi connectivity index (χ4n) is 1.08. The standard InChI is InChI=1S/C9H8N2S/c12-8-3-1-2-7(6-8)9-10-4-5-11-9/h1-6,12H,(H,10,11). The van der Waals surface area contributed by atoms with Gasteiger partial charge in [-0.05, 0) is 12.1 Å². The van der Waals surface area contributed by atoms with Crippen LogP contribution in [0.15, 0.2) is 41.6 Å². The van der Waals surface area contributed by atoms with Crippen LogP contribution in [0.2, 0.25) is 0 Å². The molecule has 0 aliphatic carbocycles. The molecule has 0 saturated carbocycles. The van der Waals surface area contributed by atoms with Gasteiger partial charge in [0.25, 0.3) is 0 Å². The van der Waals surface area contributed by atoms with Crippen LogP contribution in [0.1, 0.15) is 0 Å². The maximum Gasteiger partial charge on any atom is 0.137 e. The van der Waals surface area contributed by atoms with E-state index in [0.717, 1.165) is 16.3 Å². The van der Waals surface area contributed by atoms with Crippen LogP contribution in [0.5, 0.6) is 0 Å². The highest BCUT2D eigenvalue weighted by Crippen LogP contribution is 2.17. The number of imidazole rings is 1. The summed E-state index contributed by atoms with van der Waals surface area (Å²) in [6.07, 6.45) is 3.54. The van der Waals surface area contributed by atoms with E-state index in [1.165, 1.54) is 0 Å². The molecular formula is C9H8N2S. The van der Waals surface area contributed by atoms with Crippen LogP contribution in [0.4, 0.5) is 0 Å². The van der Waals surface area contributed by atoms with Crippen LogP contribution in [0.3, 0.4) is 0 Å². The van der Waals surface area contributed by atoms with Crippen LogP contribution >= 0.6 is 12.6 Å². The monoisotopic (exact) mass is 176 g/mol. The predicted molar refractivity (Wildman–Crippen MR) is 51.3 cm³/mol. The topological polar surface area (TPSA) is 28.7 Å². The van der Waals surface area contributed by atoms with Crippen molar-refractivity contribution in [2.24, 2.45) is 0 Å². The molecule has 60 valence electrons.